The number of alkyl halides is 6. The lowest BCUT2D eigenvalue weighted by Gasteiger charge is -2.63. The second-order valence-corrected chi connectivity index (χ2v) is 23.9. The maximum atomic E-state index is 16.3. The van der Waals surface area contributed by atoms with Crippen molar-refractivity contribution in [3.05, 3.63) is 211 Å². The summed E-state index contributed by atoms with van der Waals surface area (Å²) in [5.74, 6) is -0.693. The van der Waals surface area contributed by atoms with Crippen LogP contribution in [0.15, 0.2) is 152 Å². The molecule has 4 atom stereocenters. The van der Waals surface area contributed by atoms with Crippen molar-refractivity contribution < 1.29 is 26.3 Å². The third kappa shape index (κ3) is 6.97. The van der Waals surface area contributed by atoms with Gasteiger partial charge in [0.2, 0.25) is 0 Å². The van der Waals surface area contributed by atoms with E-state index in [9.17, 15) is 0 Å². The van der Waals surface area contributed by atoms with Crippen molar-refractivity contribution in [2.45, 2.75) is 87.9 Å². The van der Waals surface area contributed by atoms with Crippen LogP contribution in [-0.2, 0) is 10.8 Å². The summed E-state index contributed by atoms with van der Waals surface area (Å²) in [4.78, 5) is 1.18. The number of hydrogen-bond donors (Lipinski definition) is 0. The smallest absolute Gasteiger partial charge is 0.194 e. The van der Waals surface area contributed by atoms with E-state index in [2.05, 4.69) is 109 Å². The molecule has 4 saturated carbocycles. The van der Waals surface area contributed by atoms with Crippen molar-refractivity contribution in [1.82, 2.24) is 0 Å². The molecule has 5 aliphatic rings. The predicted octanol–water partition coefficient (Wildman–Crippen LogP) is 18.3. The molecule has 0 amide bonds. The van der Waals surface area contributed by atoms with Crippen LogP contribution in [0.4, 0.5) is 26.3 Å². The van der Waals surface area contributed by atoms with Crippen LogP contribution in [0.1, 0.15) is 98.4 Å². The summed E-state index contributed by atoms with van der Waals surface area (Å²) in [5, 5.41) is 4.56. The Morgan fingerprint density at radius 3 is 1.41 bits per heavy atom. The highest BCUT2D eigenvalue weighted by atomic mass is 32.1. The van der Waals surface area contributed by atoms with Gasteiger partial charge in [0.05, 0.1) is 0 Å². The molecule has 2 unspecified atom stereocenters. The van der Waals surface area contributed by atoms with Gasteiger partial charge in [-0.1, -0.05) is 145 Å². The summed E-state index contributed by atoms with van der Waals surface area (Å²) in [6.07, 6.45) is 6.72. The van der Waals surface area contributed by atoms with E-state index in [4.69, 9.17) is 0 Å². The number of aryl methyl sites for hydroxylation is 2. The highest BCUT2D eigenvalue weighted by Gasteiger charge is 2.80. The minimum absolute atomic E-state index is 0.0162. The summed E-state index contributed by atoms with van der Waals surface area (Å²) in [6, 6.07) is 50.7. The Labute approximate surface area is 434 Å². The first-order chi connectivity index (χ1) is 35.6. The van der Waals surface area contributed by atoms with Crippen molar-refractivity contribution in [2.24, 2.45) is 11.8 Å². The van der Waals surface area contributed by atoms with Gasteiger partial charge in [-0.3, -0.25) is 0 Å². The highest BCUT2D eigenvalue weighted by molar-refractivity contribution is 7.19. The van der Waals surface area contributed by atoms with Crippen LogP contribution in [0.25, 0.3) is 53.2 Å². The van der Waals surface area contributed by atoms with Gasteiger partial charge < -0.3 is 0 Å². The number of hydrogen-bond acceptors (Lipinski definition) is 2. The summed E-state index contributed by atoms with van der Waals surface area (Å²) in [7, 11) is 0. The summed E-state index contributed by atoms with van der Waals surface area (Å²) >= 11 is 2.32. The first kappa shape index (κ1) is 46.9. The molecule has 7 aromatic carbocycles. The van der Waals surface area contributed by atoms with Gasteiger partial charge in [-0.25, -0.2) is 0 Å². The lowest BCUT2D eigenvalue weighted by Crippen LogP contribution is -2.55. The average Bonchev–Trinajstić information content (AvgIpc) is 3.95. The van der Waals surface area contributed by atoms with Crippen LogP contribution in [0, 0.1) is 56.3 Å². The molecule has 4 bridgehead atoms. The molecule has 0 radical (unpaired) electrons. The lowest BCUT2D eigenvalue weighted by molar-refractivity contribution is -0.254. The van der Waals surface area contributed by atoms with Crippen molar-refractivity contribution in [3.63, 3.8) is 0 Å². The normalized spacial score (nSPS) is 23.0. The Morgan fingerprint density at radius 1 is 0.446 bits per heavy atom. The van der Waals surface area contributed by atoms with Gasteiger partial charge in [-0.2, -0.15) is 26.3 Å². The second kappa shape index (κ2) is 16.8. The number of benzene rings is 7. The van der Waals surface area contributed by atoms with Crippen LogP contribution >= 0.6 is 22.7 Å². The van der Waals surface area contributed by atoms with E-state index < -0.39 is 28.9 Å². The van der Waals surface area contributed by atoms with Crippen LogP contribution in [0.3, 0.4) is 0 Å². The van der Waals surface area contributed by atoms with Gasteiger partial charge >= 0.3 is 17.8 Å². The van der Waals surface area contributed by atoms with Crippen LogP contribution in [0.2, 0.25) is 0 Å². The number of rotatable bonds is 5. The van der Waals surface area contributed by atoms with Crippen molar-refractivity contribution in [1.29, 1.82) is 0 Å². The van der Waals surface area contributed by atoms with E-state index in [1.807, 2.05) is 42.5 Å². The molecular weight excluding hydrogens is 971 g/mol. The van der Waals surface area contributed by atoms with E-state index in [1.54, 1.807) is 32.0 Å². The Hall–Kier alpha value is -6.84. The molecule has 2 aromatic heterocycles. The zero-order valence-corrected chi connectivity index (χ0v) is 42.5. The molecule has 366 valence electrons. The topological polar surface area (TPSA) is 0 Å². The molecule has 5 aliphatic carbocycles. The van der Waals surface area contributed by atoms with E-state index in [0.29, 0.717) is 31.9 Å². The Morgan fingerprint density at radius 2 is 0.878 bits per heavy atom. The van der Waals surface area contributed by atoms with Crippen LogP contribution < -0.4 is 0 Å². The number of thiophene rings is 2. The second-order valence-electron chi connectivity index (χ2n) is 21.4. The quantitative estimate of drug-likeness (QED) is 0.0916. The molecule has 0 saturated heterocycles. The fourth-order valence-electron chi connectivity index (χ4n) is 14.2. The molecule has 2 heterocycles. The van der Waals surface area contributed by atoms with Gasteiger partial charge in [0.1, 0.15) is 0 Å². The van der Waals surface area contributed by atoms with Crippen LogP contribution in [-0.4, -0.2) is 17.8 Å². The lowest BCUT2D eigenvalue weighted by atomic mass is 9.41. The summed E-state index contributed by atoms with van der Waals surface area (Å²) in [5.41, 5.74) is 4.50. The summed E-state index contributed by atoms with van der Waals surface area (Å²) < 4.78 is 96.6. The first-order valence-corrected chi connectivity index (χ1v) is 26.9. The van der Waals surface area contributed by atoms with Gasteiger partial charge in [0.15, 0.2) is 0 Å². The van der Waals surface area contributed by atoms with E-state index >= 15 is 26.3 Å². The van der Waals surface area contributed by atoms with Gasteiger partial charge in [0, 0.05) is 69.2 Å². The standard InChI is InChI=1S/C66H48F6S2/c1-39-57(59-60(65(69,70)66(71,72)64(59,67)68)58-41(3)73-56-20-12-11-19-55(56)58)40(2)74-61(39)46-25-29-48(30-26-46)63-36-44-33-45(37-63)35-62(34-44,38-63)47-27-21-43(22-28-47)24-32-54-51-17-9-7-15-49(51)53(50-16-8-10-18-52(50)54)31-23-42-13-5-4-6-14-42/h4-22,25-30,44-45H,33-38H2,1-3H3/t44-,45+,62?,63?. The Balaban J connectivity index is 0.813. The highest BCUT2D eigenvalue weighted by Crippen LogP contribution is 2.68. The average molecular weight is 1020 g/mol. The molecule has 14 rings (SSSR count). The number of fused-ring (bicyclic) bond motifs is 3. The Kier molecular flexibility index (Phi) is 10.7. The molecule has 8 heteroatoms. The molecular formula is C66H48F6S2. The molecule has 4 fully saturated rings. The van der Waals surface area contributed by atoms with Gasteiger partial charge in [0.25, 0.3) is 0 Å². The molecule has 0 spiro atoms. The summed E-state index contributed by atoms with van der Waals surface area (Å²) in [6.45, 7) is 4.70. The largest absolute Gasteiger partial charge is 0.380 e. The van der Waals surface area contributed by atoms with Gasteiger partial charge in [-0.15, -0.1) is 22.7 Å². The van der Waals surface area contributed by atoms with Gasteiger partial charge in [-0.05, 0) is 156 Å². The van der Waals surface area contributed by atoms with E-state index in [-0.39, 0.29) is 32.2 Å². The third-order valence-corrected chi connectivity index (χ3v) is 19.3. The maximum absolute atomic E-state index is 16.3. The molecule has 9 aromatic rings. The SMILES string of the molecule is Cc1sc(-c2ccc(C34C[C@@H]5C[C@@H](CC(c6ccc(C#Cc7c8ccccc8c(C#Cc8ccccc8)c8ccccc78)cc6)(C5)C3)C4)cc2)c(C)c1C1=C(c2c(C)sc3ccccc23)C(F)(F)C(F)(F)C1(F)F. The fourth-order valence-corrected chi connectivity index (χ4v) is 16.4. The third-order valence-electron chi connectivity index (χ3n) is 16.9. The number of halogens is 6. The Bertz CT molecular complexity index is 3870. The van der Waals surface area contributed by atoms with Crippen molar-refractivity contribution in [3.8, 4) is 34.1 Å². The molecule has 0 nitrogen and oxygen atoms in total. The predicted molar refractivity (Wildman–Crippen MR) is 292 cm³/mol. The van der Waals surface area contributed by atoms with Crippen molar-refractivity contribution >= 4 is 65.5 Å². The van der Waals surface area contributed by atoms with E-state index in [0.717, 1.165) is 92.8 Å². The first-order valence-electron chi connectivity index (χ1n) is 25.3. The minimum atomic E-state index is -5.63. The molecule has 0 N–H and O–H groups in total. The van der Waals surface area contributed by atoms with E-state index in [1.165, 1.54) is 41.9 Å². The van der Waals surface area contributed by atoms with Crippen molar-refractivity contribution in [2.75, 3.05) is 0 Å². The zero-order chi connectivity index (χ0) is 50.9. The minimum Gasteiger partial charge on any atom is -0.194 e. The zero-order valence-electron chi connectivity index (χ0n) is 40.9. The molecule has 0 aliphatic heterocycles. The number of allylic oxidation sites excluding steroid dienone is 2. The van der Waals surface area contributed by atoms with Crippen LogP contribution in [0.5, 0.6) is 0 Å². The monoisotopic (exact) mass is 1020 g/mol. The molecule has 74 heavy (non-hydrogen) atoms. The maximum Gasteiger partial charge on any atom is 0.380 e. The fraction of sp³-hybridized carbons (Fsp3) is 0.242.